The highest BCUT2D eigenvalue weighted by molar-refractivity contribution is 5.81. The van der Waals surface area contributed by atoms with Crippen LogP contribution < -0.4 is 0 Å². The van der Waals surface area contributed by atoms with Gasteiger partial charge in [-0.1, -0.05) is 12.1 Å². The Hall–Kier alpha value is -1.35. The van der Waals surface area contributed by atoms with Gasteiger partial charge in [0.15, 0.2) is 0 Å². The van der Waals surface area contributed by atoms with E-state index in [2.05, 4.69) is 0 Å². The van der Waals surface area contributed by atoms with Crippen molar-refractivity contribution >= 4 is 10.9 Å². The maximum atomic E-state index is 13.3. The van der Waals surface area contributed by atoms with Gasteiger partial charge in [0.25, 0.3) is 0 Å². The quantitative estimate of drug-likeness (QED) is 0.709. The van der Waals surface area contributed by atoms with Gasteiger partial charge in [-0.05, 0) is 12.1 Å². The predicted octanol–water partition coefficient (Wildman–Crippen LogP) is 1.81. The van der Waals surface area contributed by atoms with E-state index < -0.39 is 0 Å². The summed E-state index contributed by atoms with van der Waals surface area (Å²) in [5.74, 6) is -0.250. The van der Waals surface area contributed by atoms with E-state index in [9.17, 15) is 4.39 Å². The van der Waals surface area contributed by atoms with Crippen LogP contribution in [0.25, 0.3) is 10.9 Å². The van der Waals surface area contributed by atoms with Crippen molar-refractivity contribution in [1.29, 1.82) is 0 Å². The largest absolute Gasteiger partial charge is 0.390 e. The van der Waals surface area contributed by atoms with E-state index in [1.807, 2.05) is 6.07 Å². The molecule has 1 aromatic heterocycles. The van der Waals surface area contributed by atoms with Gasteiger partial charge >= 0.3 is 0 Å². The molecule has 1 heterocycles. The van der Waals surface area contributed by atoms with Gasteiger partial charge in [0.1, 0.15) is 5.82 Å². The van der Waals surface area contributed by atoms with Crippen molar-refractivity contribution in [3.8, 4) is 0 Å². The number of aliphatic hydroxyl groups is 1. The Balaban J connectivity index is 2.85. The number of hydrogen-bond donors (Lipinski definition) is 1. The molecule has 0 saturated carbocycles. The molecule has 13 heavy (non-hydrogen) atoms. The lowest BCUT2D eigenvalue weighted by Gasteiger charge is -2.00. The standard InChI is InChI=1S/C10H10FNO/c1-12-8(6-13)5-7-3-2-4-9(11)10(7)12/h2-5,13H,6H2,1H3. The van der Waals surface area contributed by atoms with Crippen molar-refractivity contribution in [2.24, 2.45) is 7.05 Å². The first-order valence-electron chi connectivity index (χ1n) is 4.07. The second kappa shape index (κ2) is 2.85. The van der Waals surface area contributed by atoms with Crippen LogP contribution >= 0.6 is 0 Å². The second-order valence-corrected chi connectivity index (χ2v) is 3.03. The summed E-state index contributed by atoms with van der Waals surface area (Å²) >= 11 is 0. The molecule has 0 radical (unpaired) electrons. The number of para-hydroxylation sites is 1. The van der Waals surface area contributed by atoms with Crippen LogP contribution in [0.1, 0.15) is 5.69 Å². The summed E-state index contributed by atoms with van der Waals surface area (Å²) in [5, 5.41) is 9.79. The Morgan fingerprint density at radius 1 is 1.46 bits per heavy atom. The van der Waals surface area contributed by atoms with Crippen LogP contribution in [0, 0.1) is 5.82 Å². The highest BCUT2D eigenvalue weighted by Crippen LogP contribution is 2.21. The highest BCUT2D eigenvalue weighted by atomic mass is 19.1. The van der Waals surface area contributed by atoms with Gasteiger partial charge in [-0.15, -0.1) is 0 Å². The van der Waals surface area contributed by atoms with Gasteiger partial charge in [-0.25, -0.2) is 4.39 Å². The average molecular weight is 179 g/mol. The molecule has 0 aliphatic carbocycles. The third-order valence-electron chi connectivity index (χ3n) is 2.27. The van der Waals surface area contributed by atoms with Crippen LogP contribution in [0.2, 0.25) is 0 Å². The highest BCUT2D eigenvalue weighted by Gasteiger charge is 2.07. The lowest BCUT2D eigenvalue weighted by Crippen LogP contribution is -1.96. The third kappa shape index (κ3) is 1.12. The molecule has 0 fully saturated rings. The Morgan fingerprint density at radius 2 is 2.23 bits per heavy atom. The Kier molecular flexibility index (Phi) is 1.81. The zero-order valence-corrected chi connectivity index (χ0v) is 7.29. The summed E-state index contributed by atoms with van der Waals surface area (Å²) < 4.78 is 15.0. The molecular formula is C10H10FNO. The number of aromatic nitrogens is 1. The molecule has 0 atom stereocenters. The first kappa shape index (κ1) is 8.26. The molecule has 2 aromatic rings. The molecule has 0 bridgehead atoms. The summed E-state index contributed by atoms with van der Waals surface area (Å²) in [5.41, 5.74) is 1.27. The smallest absolute Gasteiger partial charge is 0.147 e. The van der Waals surface area contributed by atoms with E-state index in [-0.39, 0.29) is 12.4 Å². The van der Waals surface area contributed by atoms with Gasteiger partial charge < -0.3 is 9.67 Å². The van der Waals surface area contributed by atoms with E-state index in [0.717, 1.165) is 11.1 Å². The number of nitrogens with zero attached hydrogens (tertiary/aromatic N) is 1. The van der Waals surface area contributed by atoms with Crippen molar-refractivity contribution in [2.75, 3.05) is 0 Å². The molecule has 0 amide bonds. The lowest BCUT2D eigenvalue weighted by atomic mass is 10.2. The predicted molar refractivity (Wildman–Crippen MR) is 48.8 cm³/mol. The molecular weight excluding hydrogens is 169 g/mol. The summed E-state index contributed by atoms with van der Waals surface area (Å²) in [7, 11) is 1.75. The molecule has 3 heteroatoms. The first-order chi connectivity index (χ1) is 6.24. The number of halogens is 1. The van der Waals surface area contributed by atoms with Gasteiger partial charge in [0.2, 0.25) is 0 Å². The maximum Gasteiger partial charge on any atom is 0.147 e. The molecule has 0 saturated heterocycles. The molecule has 2 rings (SSSR count). The second-order valence-electron chi connectivity index (χ2n) is 3.03. The fourth-order valence-electron chi connectivity index (χ4n) is 1.57. The minimum atomic E-state index is -0.250. The molecule has 68 valence electrons. The molecule has 1 aromatic carbocycles. The van der Waals surface area contributed by atoms with E-state index in [1.165, 1.54) is 6.07 Å². The van der Waals surface area contributed by atoms with E-state index >= 15 is 0 Å². The zero-order chi connectivity index (χ0) is 9.42. The van der Waals surface area contributed by atoms with E-state index in [0.29, 0.717) is 5.52 Å². The number of rotatable bonds is 1. The van der Waals surface area contributed by atoms with Crippen molar-refractivity contribution in [2.45, 2.75) is 6.61 Å². The summed E-state index contributed by atoms with van der Waals surface area (Å²) in [6.45, 7) is -0.0649. The van der Waals surface area contributed by atoms with Gasteiger partial charge in [0.05, 0.1) is 12.1 Å². The van der Waals surface area contributed by atoms with Crippen molar-refractivity contribution in [1.82, 2.24) is 4.57 Å². The zero-order valence-electron chi connectivity index (χ0n) is 7.29. The first-order valence-corrected chi connectivity index (χ1v) is 4.07. The third-order valence-corrected chi connectivity index (χ3v) is 2.27. The summed E-state index contributed by atoms with van der Waals surface area (Å²) in [6, 6.07) is 6.71. The molecule has 0 spiro atoms. The van der Waals surface area contributed by atoms with Crippen molar-refractivity contribution < 1.29 is 9.50 Å². The van der Waals surface area contributed by atoms with Crippen molar-refractivity contribution in [3.63, 3.8) is 0 Å². The number of aliphatic hydroxyl groups excluding tert-OH is 1. The summed E-state index contributed by atoms with van der Waals surface area (Å²) in [4.78, 5) is 0. The maximum absolute atomic E-state index is 13.3. The minimum absolute atomic E-state index is 0.0649. The number of hydrogen-bond acceptors (Lipinski definition) is 1. The molecule has 0 aliphatic heterocycles. The van der Waals surface area contributed by atoms with Gasteiger partial charge in [-0.3, -0.25) is 0 Å². The molecule has 1 N–H and O–H groups in total. The van der Waals surface area contributed by atoms with E-state index in [1.54, 1.807) is 23.7 Å². The summed E-state index contributed by atoms with van der Waals surface area (Å²) in [6.07, 6.45) is 0. The minimum Gasteiger partial charge on any atom is -0.390 e. The Labute approximate surface area is 75.2 Å². The van der Waals surface area contributed by atoms with Crippen LogP contribution in [-0.4, -0.2) is 9.67 Å². The van der Waals surface area contributed by atoms with Gasteiger partial charge in [0, 0.05) is 18.1 Å². The van der Waals surface area contributed by atoms with Crippen LogP contribution in [-0.2, 0) is 13.7 Å². The van der Waals surface area contributed by atoms with Crippen LogP contribution in [0.4, 0.5) is 4.39 Å². The molecule has 2 nitrogen and oxygen atoms in total. The van der Waals surface area contributed by atoms with Crippen molar-refractivity contribution in [3.05, 3.63) is 35.8 Å². The topological polar surface area (TPSA) is 25.2 Å². The monoisotopic (exact) mass is 179 g/mol. The number of aryl methyl sites for hydroxylation is 1. The number of fused-ring (bicyclic) bond motifs is 1. The SMILES string of the molecule is Cn1c(CO)cc2cccc(F)c21. The fraction of sp³-hybridized carbons (Fsp3) is 0.200. The van der Waals surface area contributed by atoms with Crippen LogP contribution in [0.3, 0.4) is 0 Å². The fourth-order valence-corrected chi connectivity index (χ4v) is 1.57. The van der Waals surface area contributed by atoms with Crippen LogP contribution in [0.15, 0.2) is 24.3 Å². The van der Waals surface area contributed by atoms with E-state index in [4.69, 9.17) is 5.11 Å². The normalized spacial score (nSPS) is 11.0. The Bertz CT molecular complexity index is 447. The average Bonchev–Trinajstić information content (AvgIpc) is 2.44. The number of benzene rings is 1. The molecule has 0 aliphatic rings. The van der Waals surface area contributed by atoms with Crippen LogP contribution in [0.5, 0.6) is 0 Å². The lowest BCUT2D eigenvalue weighted by molar-refractivity contribution is 0.273. The van der Waals surface area contributed by atoms with Gasteiger partial charge in [-0.2, -0.15) is 0 Å². The molecule has 0 unspecified atom stereocenters. The Morgan fingerprint density at radius 3 is 2.85 bits per heavy atom.